The van der Waals surface area contributed by atoms with Crippen molar-refractivity contribution in [2.45, 2.75) is 12.0 Å². The minimum Gasteiger partial charge on any atom is -0.371 e. The molecule has 0 saturated heterocycles. The number of ether oxygens (including phenoxy) is 2. The van der Waals surface area contributed by atoms with E-state index in [0.29, 0.717) is 11.9 Å². The van der Waals surface area contributed by atoms with Crippen molar-refractivity contribution < 1.29 is 18.7 Å². The van der Waals surface area contributed by atoms with Crippen molar-refractivity contribution in [2.75, 3.05) is 14.2 Å². The molecule has 0 aromatic carbocycles. The Kier molecular flexibility index (Phi) is 2.95. The van der Waals surface area contributed by atoms with E-state index in [1.54, 1.807) is 0 Å². The third-order valence-electron chi connectivity index (χ3n) is 1.94. The number of methoxy groups -OCH3 is 2. The molecule has 0 aliphatic heterocycles. The minimum absolute atomic E-state index is 0.386. The van der Waals surface area contributed by atoms with Crippen LogP contribution in [-0.2, 0) is 14.3 Å². The molecule has 13 heavy (non-hydrogen) atoms. The van der Waals surface area contributed by atoms with Gasteiger partial charge in [0.1, 0.15) is 12.4 Å². The number of hydrogen-bond donors (Lipinski definition) is 0. The quantitative estimate of drug-likeness (QED) is 0.617. The maximum atomic E-state index is 13.7. The normalized spacial score (nSPS) is 32.8. The molecule has 0 bridgehead atoms. The second kappa shape index (κ2) is 3.81. The second-order valence-corrected chi connectivity index (χ2v) is 2.68. The highest BCUT2D eigenvalue weighted by molar-refractivity contribution is 5.78. The maximum Gasteiger partial charge on any atom is 0.258 e. The molecule has 1 rings (SSSR count). The lowest BCUT2D eigenvalue weighted by Gasteiger charge is -2.29. The molecule has 0 radical (unpaired) electrons. The first-order valence-electron chi connectivity index (χ1n) is 3.79. The molecule has 1 aliphatic carbocycles. The molecule has 2 unspecified atom stereocenters. The third kappa shape index (κ3) is 1.84. The average Bonchev–Trinajstić information content (AvgIpc) is 2.18. The van der Waals surface area contributed by atoms with Crippen LogP contribution in [0.3, 0.4) is 0 Å². The first-order valence-corrected chi connectivity index (χ1v) is 3.79. The Bertz CT molecular complexity index is 260. The van der Waals surface area contributed by atoms with Gasteiger partial charge in [-0.15, -0.1) is 0 Å². The molecular weight excluding hydrogens is 175 g/mol. The molecule has 4 heteroatoms. The summed E-state index contributed by atoms with van der Waals surface area (Å²) in [6.07, 6.45) is 3.69. The molecule has 0 N–H and O–H groups in total. The molecule has 0 saturated carbocycles. The Morgan fingerprint density at radius 2 is 2.31 bits per heavy atom. The fourth-order valence-corrected chi connectivity index (χ4v) is 1.14. The molecule has 0 heterocycles. The van der Waals surface area contributed by atoms with E-state index in [1.165, 1.54) is 32.4 Å². The molecule has 72 valence electrons. The fourth-order valence-electron chi connectivity index (χ4n) is 1.14. The van der Waals surface area contributed by atoms with Gasteiger partial charge in [0, 0.05) is 19.8 Å². The van der Waals surface area contributed by atoms with Crippen molar-refractivity contribution in [3.05, 3.63) is 23.8 Å². The van der Waals surface area contributed by atoms with E-state index in [-0.39, 0.29) is 0 Å². The highest BCUT2D eigenvalue weighted by Crippen LogP contribution is 2.27. The Morgan fingerprint density at radius 1 is 1.62 bits per heavy atom. The summed E-state index contributed by atoms with van der Waals surface area (Å²) in [6.45, 7) is 0. The number of halogens is 1. The van der Waals surface area contributed by atoms with Crippen LogP contribution in [0.4, 0.5) is 4.39 Å². The summed E-state index contributed by atoms with van der Waals surface area (Å²) in [4.78, 5) is 10.4. The number of aldehydes is 1. The maximum absolute atomic E-state index is 13.7. The summed E-state index contributed by atoms with van der Waals surface area (Å²) in [5.41, 5.74) is 0.386. The number of rotatable bonds is 3. The Hall–Kier alpha value is -1.00. The monoisotopic (exact) mass is 186 g/mol. The van der Waals surface area contributed by atoms with Gasteiger partial charge < -0.3 is 9.47 Å². The highest BCUT2D eigenvalue weighted by Gasteiger charge is 2.38. The van der Waals surface area contributed by atoms with Crippen LogP contribution in [-0.4, -0.2) is 32.5 Å². The average molecular weight is 186 g/mol. The fraction of sp³-hybridized carbons (Fsp3) is 0.444. The van der Waals surface area contributed by atoms with Crippen molar-refractivity contribution in [1.29, 1.82) is 0 Å². The van der Waals surface area contributed by atoms with Crippen LogP contribution >= 0.6 is 0 Å². The molecule has 3 nitrogen and oxygen atoms in total. The molecule has 0 aromatic rings. The summed E-state index contributed by atoms with van der Waals surface area (Å²) in [6, 6.07) is 0. The van der Waals surface area contributed by atoms with Crippen LogP contribution in [0.2, 0.25) is 0 Å². The van der Waals surface area contributed by atoms with Gasteiger partial charge in [0.2, 0.25) is 0 Å². The van der Waals surface area contributed by atoms with Gasteiger partial charge in [0.05, 0.1) is 0 Å². The van der Waals surface area contributed by atoms with E-state index in [2.05, 4.69) is 4.74 Å². The molecule has 0 amide bonds. The van der Waals surface area contributed by atoms with E-state index >= 15 is 0 Å². The van der Waals surface area contributed by atoms with Crippen molar-refractivity contribution in [3.8, 4) is 0 Å². The standard InChI is InChI=1S/C9H11FO3/c1-12-8-5-7(6-11)3-4-9(8,10)13-2/h3-6,8H,1-2H3. The summed E-state index contributed by atoms with van der Waals surface area (Å²) in [5.74, 6) is -1.97. The van der Waals surface area contributed by atoms with Gasteiger partial charge >= 0.3 is 0 Å². The van der Waals surface area contributed by atoms with Gasteiger partial charge in [-0.2, -0.15) is 0 Å². The van der Waals surface area contributed by atoms with Crippen LogP contribution in [0.15, 0.2) is 23.8 Å². The van der Waals surface area contributed by atoms with Gasteiger partial charge in [0.25, 0.3) is 5.85 Å². The van der Waals surface area contributed by atoms with Gasteiger partial charge in [0.15, 0.2) is 0 Å². The van der Waals surface area contributed by atoms with Crippen LogP contribution in [0.5, 0.6) is 0 Å². The predicted molar refractivity (Wildman–Crippen MR) is 44.9 cm³/mol. The summed E-state index contributed by atoms with van der Waals surface area (Å²) >= 11 is 0. The molecule has 0 fully saturated rings. The zero-order chi connectivity index (χ0) is 9.90. The molecule has 2 atom stereocenters. The summed E-state index contributed by atoms with van der Waals surface area (Å²) in [5, 5.41) is 0. The second-order valence-electron chi connectivity index (χ2n) is 2.68. The first-order chi connectivity index (χ1) is 6.16. The minimum atomic E-state index is -1.97. The van der Waals surface area contributed by atoms with Crippen LogP contribution in [0, 0.1) is 0 Å². The zero-order valence-corrected chi connectivity index (χ0v) is 7.49. The lowest BCUT2D eigenvalue weighted by Crippen LogP contribution is -2.39. The van der Waals surface area contributed by atoms with E-state index < -0.39 is 12.0 Å². The first kappa shape index (κ1) is 10.1. The lowest BCUT2D eigenvalue weighted by atomic mass is 10.0. The van der Waals surface area contributed by atoms with Crippen molar-refractivity contribution in [3.63, 3.8) is 0 Å². The van der Waals surface area contributed by atoms with E-state index in [0.717, 1.165) is 0 Å². The predicted octanol–water partition coefficient (Wildman–Crippen LogP) is 1.01. The molecule has 0 aromatic heterocycles. The van der Waals surface area contributed by atoms with Crippen LogP contribution in [0.1, 0.15) is 0 Å². The third-order valence-corrected chi connectivity index (χ3v) is 1.94. The topological polar surface area (TPSA) is 35.5 Å². The number of carbonyl (C=O) groups is 1. The Morgan fingerprint density at radius 3 is 2.77 bits per heavy atom. The largest absolute Gasteiger partial charge is 0.371 e. The van der Waals surface area contributed by atoms with Gasteiger partial charge in [-0.3, -0.25) is 4.79 Å². The molecular formula is C9H11FO3. The summed E-state index contributed by atoms with van der Waals surface area (Å²) < 4.78 is 23.2. The molecule has 0 spiro atoms. The van der Waals surface area contributed by atoms with Gasteiger partial charge in [-0.25, -0.2) is 4.39 Å². The summed E-state index contributed by atoms with van der Waals surface area (Å²) in [7, 11) is 2.60. The van der Waals surface area contributed by atoms with Gasteiger partial charge in [-0.1, -0.05) is 6.08 Å². The van der Waals surface area contributed by atoms with Crippen LogP contribution < -0.4 is 0 Å². The smallest absolute Gasteiger partial charge is 0.258 e. The van der Waals surface area contributed by atoms with E-state index in [1.807, 2.05) is 0 Å². The number of alkyl halides is 1. The number of carbonyl (C=O) groups excluding carboxylic acids is 1. The SMILES string of the molecule is COC1C=C(C=O)C=CC1(F)OC. The van der Waals surface area contributed by atoms with E-state index in [4.69, 9.17) is 4.74 Å². The van der Waals surface area contributed by atoms with E-state index in [9.17, 15) is 9.18 Å². The number of hydrogen-bond acceptors (Lipinski definition) is 3. The zero-order valence-electron chi connectivity index (χ0n) is 7.49. The lowest BCUT2D eigenvalue weighted by molar-refractivity contribution is -0.150. The van der Waals surface area contributed by atoms with Gasteiger partial charge in [-0.05, 0) is 12.2 Å². The highest BCUT2D eigenvalue weighted by atomic mass is 19.2. The van der Waals surface area contributed by atoms with Crippen molar-refractivity contribution >= 4 is 6.29 Å². The Labute approximate surface area is 75.8 Å². The van der Waals surface area contributed by atoms with Crippen LogP contribution in [0.25, 0.3) is 0 Å². The van der Waals surface area contributed by atoms with Crippen molar-refractivity contribution in [2.24, 2.45) is 0 Å². The Balaban J connectivity index is 2.91. The number of allylic oxidation sites excluding steroid dienone is 2. The molecule has 1 aliphatic rings. The van der Waals surface area contributed by atoms with Crippen molar-refractivity contribution in [1.82, 2.24) is 0 Å².